The Labute approximate surface area is 116 Å². The second kappa shape index (κ2) is 6.06. The van der Waals surface area contributed by atoms with Crippen molar-refractivity contribution >= 4 is 9.84 Å². The molecular formula is C15H23NO2S. The maximum absolute atomic E-state index is 12.0. The summed E-state index contributed by atoms with van der Waals surface area (Å²) < 4.78 is 24.0. The van der Waals surface area contributed by atoms with Crippen LogP contribution in [0.5, 0.6) is 0 Å². The van der Waals surface area contributed by atoms with E-state index in [0.29, 0.717) is 5.92 Å². The van der Waals surface area contributed by atoms with Crippen molar-refractivity contribution in [1.82, 2.24) is 5.32 Å². The molecule has 1 heterocycles. The van der Waals surface area contributed by atoms with E-state index in [1.165, 1.54) is 5.56 Å². The zero-order valence-corrected chi connectivity index (χ0v) is 12.5. The second-order valence-corrected chi connectivity index (χ2v) is 8.18. The van der Waals surface area contributed by atoms with Gasteiger partial charge in [0.25, 0.3) is 0 Å². The summed E-state index contributed by atoms with van der Waals surface area (Å²) in [6.45, 7) is 5.59. The van der Waals surface area contributed by atoms with Gasteiger partial charge in [-0.15, -0.1) is 0 Å². The second-order valence-electron chi connectivity index (χ2n) is 5.63. The van der Waals surface area contributed by atoms with Crippen LogP contribution >= 0.6 is 0 Å². The third kappa shape index (κ3) is 3.80. The normalized spacial score (nSPS) is 17.8. The minimum atomic E-state index is -3.01. The number of rotatable bonds is 4. The molecule has 1 aliphatic heterocycles. The van der Waals surface area contributed by atoms with Crippen molar-refractivity contribution in [2.75, 3.05) is 13.1 Å². The Balaban J connectivity index is 2.15. The van der Waals surface area contributed by atoms with Crippen molar-refractivity contribution in [3.63, 3.8) is 0 Å². The lowest BCUT2D eigenvalue weighted by atomic mass is 9.89. The fraction of sp³-hybridized carbons (Fsp3) is 0.600. The Morgan fingerprint density at radius 3 is 2.58 bits per heavy atom. The van der Waals surface area contributed by atoms with Crippen LogP contribution in [0.15, 0.2) is 24.3 Å². The minimum absolute atomic E-state index is 0.156. The number of benzene rings is 1. The van der Waals surface area contributed by atoms with Gasteiger partial charge in [0.15, 0.2) is 9.84 Å². The average molecular weight is 281 g/mol. The molecule has 1 N–H and O–H groups in total. The topological polar surface area (TPSA) is 46.2 Å². The average Bonchev–Trinajstić information content (AvgIpc) is 2.39. The van der Waals surface area contributed by atoms with E-state index in [9.17, 15) is 8.42 Å². The predicted molar refractivity (Wildman–Crippen MR) is 79.0 cm³/mol. The fourth-order valence-electron chi connectivity index (χ4n) is 2.49. The lowest BCUT2D eigenvalue weighted by Gasteiger charge is -2.23. The van der Waals surface area contributed by atoms with Gasteiger partial charge >= 0.3 is 0 Å². The van der Waals surface area contributed by atoms with E-state index in [4.69, 9.17) is 0 Å². The third-order valence-electron chi connectivity index (χ3n) is 3.85. The van der Waals surface area contributed by atoms with E-state index >= 15 is 0 Å². The summed E-state index contributed by atoms with van der Waals surface area (Å²) in [5.41, 5.74) is 2.21. The van der Waals surface area contributed by atoms with Crippen molar-refractivity contribution in [3.8, 4) is 0 Å². The van der Waals surface area contributed by atoms with Gasteiger partial charge in [-0.2, -0.15) is 0 Å². The molecule has 1 fully saturated rings. The van der Waals surface area contributed by atoms with Crippen LogP contribution in [0.4, 0.5) is 0 Å². The van der Waals surface area contributed by atoms with Gasteiger partial charge in [0, 0.05) is 0 Å². The molecule has 4 heteroatoms. The first kappa shape index (κ1) is 14.5. The maximum Gasteiger partial charge on any atom is 0.156 e. The Kier molecular flexibility index (Phi) is 4.63. The summed E-state index contributed by atoms with van der Waals surface area (Å²) in [6, 6.07) is 8.12. The summed E-state index contributed by atoms with van der Waals surface area (Å²) in [5.74, 6) is 0.728. The predicted octanol–water partition coefficient (Wildman–Crippen LogP) is 2.48. The maximum atomic E-state index is 12.0. The van der Waals surface area contributed by atoms with Crippen LogP contribution in [0, 0.1) is 0 Å². The van der Waals surface area contributed by atoms with Gasteiger partial charge in [0.05, 0.1) is 11.0 Å². The zero-order chi connectivity index (χ0) is 13.9. The molecular weight excluding hydrogens is 258 g/mol. The summed E-state index contributed by atoms with van der Waals surface area (Å²) in [7, 11) is -3.01. The molecule has 0 aliphatic carbocycles. The molecule has 0 radical (unpaired) electrons. The van der Waals surface area contributed by atoms with E-state index in [0.717, 1.165) is 31.5 Å². The van der Waals surface area contributed by atoms with Gasteiger partial charge in [-0.3, -0.25) is 0 Å². The highest BCUT2D eigenvalue weighted by Gasteiger charge is 2.19. The first-order chi connectivity index (χ1) is 8.99. The SMILES string of the molecule is CC(C)S(=O)(=O)Cc1cccc(C2CCNCC2)c1. The molecule has 0 bridgehead atoms. The van der Waals surface area contributed by atoms with Crippen LogP contribution in [-0.2, 0) is 15.6 Å². The molecule has 0 atom stereocenters. The first-order valence-corrected chi connectivity index (χ1v) is 8.72. The monoisotopic (exact) mass is 281 g/mol. The van der Waals surface area contributed by atoms with Crippen LogP contribution in [-0.4, -0.2) is 26.8 Å². The summed E-state index contributed by atoms with van der Waals surface area (Å²) in [4.78, 5) is 0. The third-order valence-corrected chi connectivity index (χ3v) is 6.02. The smallest absolute Gasteiger partial charge is 0.156 e. The lowest BCUT2D eigenvalue weighted by Crippen LogP contribution is -2.26. The lowest BCUT2D eigenvalue weighted by molar-refractivity contribution is 0.460. The molecule has 1 aromatic rings. The zero-order valence-electron chi connectivity index (χ0n) is 11.7. The number of nitrogens with one attached hydrogen (secondary N) is 1. The molecule has 0 amide bonds. The Morgan fingerprint density at radius 1 is 1.26 bits per heavy atom. The minimum Gasteiger partial charge on any atom is -0.317 e. The van der Waals surface area contributed by atoms with Crippen molar-refractivity contribution in [2.24, 2.45) is 0 Å². The van der Waals surface area contributed by atoms with Gasteiger partial charge in [-0.1, -0.05) is 24.3 Å². The molecule has 1 aromatic carbocycles. The molecule has 0 unspecified atom stereocenters. The van der Waals surface area contributed by atoms with Crippen LogP contribution < -0.4 is 5.32 Å². The summed E-state index contributed by atoms with van der Waals surface area (Å²) >= 11 is 0. The van der Waals surface area contributed by atoms with Crippen LogP contribution in [0.25, 0.3) is 0 Å². The molecule has 3 nitrogen and oxygen atoms in total. The van der Waals surface area contributed by atoms with Crippen molar-refractivity contribution in [2.45, 2.75) is 43.6 Å². The molecule has 1 aliphatic rings. The largest absolute Gasteiger partial charge is 0.317 e. The van der Waals surface area contributed by atoms with Crippen molar-refractivity contribution < 1.29 is 8.42 Å². The van der Waals surface area contributed by atoms with Crippen LogP contribution in [0.3, 0.4) is 0 Å². The number of piperidine rings is 1. The molecule has 106 valence electrons. The number of hydrogen-bond donors (Lipinski definition) is 1. The van der Waals surface area contributed by atoms with E-state index in [1.54, 1.807) is 13.8 Å². The van der Waals surface area contributed by atoms with Gasteiger partial charge < -0.3 is 5.32 Å². The molecule has 0 saturated carbocycles. The number of sulfone groups is 1. The van der Waals surface area contributed by atoms with Gasteiger partial charge in [0.2, 0.25) is 0 Å². The summed E-state index contributed by atoms with van der Waals surface area (Å²) in [5, 5.41) is 3.05. The highest BCUT2D eigenvalue weighted by atomic mass is 32.2. The van der Waals surface area contributed by atoms with E-state index in [2.05, 4.69) is 17.4 Å². The molecule has 0 spiro atoms. The van der Waals surface area contributed by atoms with Crippen LogP contribution in [0.1, 0.15) is 43.7 Å². The van der Waals surface area contributed by atoms with Gasteiger partial charge in [-0.25, -0.2) is 8.42 Å². The fourth-order valence-corrected chi connectivity index (χ4v) is 3.47. The van der Waals surface area contributed by atoms with E-state index in [1.807, 2.05) is 12.1 Å². The standard InChI is InChI=1S/C15H23NO2S/c1-12(2)19(17,18)11-13-4-3-5-15(10-13)14-6-8-16-9-7-14/h3-5,10,12,14,16H,6-9,11H2,1-2H3. The summed E-state index contributed by atoms with van der Waals surface area (Å²) in [6.07, 6.45) is 2.28. The Hall–Kier alpha value is -0.870. The van der Waals surface area contributed by atoms with Gasteiger partial charge in [-0.05, 0) is 56.8 Å². The Morgan fingerprint density at radius 2 is 1.95 bits per heavy atom. The number of hydrogen-bond acceptors (Lipinski definition) is 3. The molecule has 19 heavy (non-hydrogen) atoms. The van der Waals surface area contributed by atoms with Crippen LogP contribution in [0.2, 0.25) is 0 Å². The molecule has 1 saturated heterocycles. The van der Waals surface area contributed by atoms with E-state index in [-0.39, 0.29) is 11.0 Å². The van der Waals surface area contributed by atoms with Crippen molar-refractivity contribution in [1.29, 1.82) is 0 Å². The van der Waals surface area contributed by atoms with Crippen molar-refractivity contribution in [3.05, 3.63) is 35.4 Å². The molecule has 2 rings (SSSR count). The molecule has 0 aromatic heterocycles. The first-order valence-electron chi connectivity index (χ1n) is 7.00. The van der Waals surface area contributed by atoms with Gasteiger partial charge in [0.1, 0.15) is 0 Å². The highest BCUT2D eigenvalue weighted by Crippen LogP contribution is 2.26. The highest BCUT2D eigenvalue weighted by molar-refractivity contribution is 7.91. The quantitative estimate of drug-likeness (QED) is 0.922. The van der Waals surface area contributed by atoms with E-state index < -0.39 is 9.84 Å². The Bertz CT molecular complexity index is 517.